The van der Waals surface area contributed by atoms with Crippen molar-refractivity contribution in [2.24, 2.45) is 5.92 Å². The summed E-state index contributed by atoms with van der Waals surface area (Å²) in [5, 5.41) is 0. The lowest BCUT2D eigenvalue weighted by Gasteiger charge is -2.34. The molecule has 7 heteroatoms. The summed E-state index contributed by atoms with van der Waals surface area (Å²) in [6, 6.07) is 9.74. The lowest BCUT2D eigenvalue weighted by molar-refractivity contribution is -0.143. The average molecular weight is 385 g/mol. The Morgan fingerprint density at radius 3 is 2.93 bits per heavy atom. The van der Waals surface area contributed by atoms with Crippen LogP contribution in [0.2, 0.25) is 0 Å². The molecule has 0 saturated carbocycles. The van der Waals surface area contributed by atoms with Crippen LogP contribution in [0.4, 0.5) is 4.39 Å². The molecule has 0 bridgehead atoms. The first-order valence-corrected chi connectivity index (χ1v) is 9.22. The number of methoxy groups -OCH3 is 1. The van der Waals surface area contributed by atoms with E-state index >= 15 is 0 Å². The van der Waals surface area contributed by atoms with Crippen molar-refractivity contribution in [2.75, 3.05) is 20.7 Å². The molecule has 6 nitrogen and oxygen atoms in total. The van der Waals surface area contributed by atoms with E-state index in [1.165, 1.54) is 12.1 Å². The molecule has 0 spiro atoms. The number of hydrogen-bond acceptors (Lipinski definition) is 4. The fourth-order valence-electron chi connectivity index (χ4n) is 3.43. The molecule has 1 saturated heterocycles. The summed E-state index contributed by atoms with van der Waals surface area (Å²) in [5.41, 5.74) is 1.45. The summed E-state index contributed by atoms with van der Waals surface area (Å²) >= 11 is 0. The number of carbonyl (C=O) groups is 2. The van der Waals surface area contributed by atoms with Gasteiger partial charge in [0.15, 0.2) is 0 Å². The average Bonchev–Trinajstić information content (AvgIpc) is 2.69. The molecule has 1 aromatic heterocycles. The Morgan fingerprint density at radius 1 is 1.36 bits per heavy atom. The molecule has 1 aromatic carbocycles. The summed E-state index contributed by atoms with van der Waals surface area (Å²) in [4.78, 5) is 32.7. The molecule has 0 radical (unpaired) electrons. The lowest BCUT2D eigenvalue weighted by Crippen LogP contribution is -2.45. The highest BCUT2D eigenvalue weighted by Gasteiger charge is 2.32. The summed E-state index contributed by atoms with van der Waals surface area (Å²) in [6.45, 7) is 1.01. The number of piperidine rings is 1. The van der Waals surface area contributed by atoms with Gasteiger partial charge in [-0.1, -0.05) is 12.1 Å². The zero-order chi connectivity index (χ0) is 20.1. The quantitative estimate of drug-likeness (QED) is 0.767. The molecule has 1 atom stereocenters. The second-order valence-electron chi connectivity index (χ2n) is 7.02. The van der Waals surface area contributed by atoms with Gasteiger partial charge in [-0.15, -0.1) is 0 Å². The van der Waals surface area contributed by atoms with E-state index in [9.17, 15) is 14.0 Å². The highest BCUT2D eigenvalue weighted by atomic mass is 19.1. The fourth-order valence-corrected chi connectivity index (χ4v) is 3.43. The van der Waals surface area contributed by atoms with Crippen LogP contribution in [0.5, 0.6) is 5.75 Å². The van der Waals surface area contributed by atoms with Crippen molar-refractivity contribution in [1.82, 2.24) is 14.8 Å². The molecule has 1 aliphatic rings. The first-order chi connectivity index (χ1) is 13.5. The first-order valence-electron chi connectivity index (χ1n) is 9.22. The maximum absolute atomic E-state index is 13.4. The molecule has 148 valence electrons. The molecule has 1 aliphatic heterocycles. The van der Waals surface area contributed by atoms with Crippen molar-refractivity contribution in [3.63, 3.8) is 0 Å². The van der Waals surface area contributed by atoms with Crippen LogP contribution >= 0.6 is 0 Å². The molecule has 2 heterocycles. The Bertz CT molecular complexity index is 858. The van der Waals surface area contributed by atoms with Crippen LogP contribution in [0.25, 0.3) is 0 Å². The van der Waals surface area contributed by atoms with E-state index in [1.54, 1.807) is 54.4 Å². The number of hydrogen-bond donors (Lipinski definition) is 0. The van der Waals surface area contributed by atoms with Gasteiger partial charge in [-0.3, -0.25) is 14.6 Å². The maximum atomic E-state index is 13.4. The van der Waals surface area contributed by atoms with Crippen LogP contribution in [0, 0.1) is 11.7 Å². The fraction of sp³-hybridized carbons (Fsp3) is 0.381. The van der Waals surface area contributed by atoms with Crippen molar-refractivity contribution in [1.29, 1.82) is 0 Å². The van der Waals surface area contributed by atoms with Gasteiger partial charge in [-0.25, -0.2) is 4.39 Å². The highest BCUT2D eigenvalue weighted by Crippen LogP contribution is 2.22. The van der Waals surface area contributed by atoms with E-state index < -0.39 is 0 Å². The lowest BCUT2D eigenvalue weighted by atomic mass is 9.95. The molecule has 28 heavy (non-hydrogen) atoms. The Hall–Kier alpha value is -2.96. The van der Waals surface area contributed by atoms with E-state index in [2.05, 4.69) is 4.98 Å². The van der Waals surface area contributed by atoms with Gasteiger partial charge in [0.25, 0.3) is 0 Å². The Labute approximate surface area is 163 Å². The number of aromatic nitrogens is 1. The number of nitrogens with zero attached hydrogens (tertiary/aromatic N) is 3. The molecular weight excluding hydrogens is 361 g/mol. The van der Waals surface area contributed by atoms with Gasteiger partial charge in [0.1, 0.15) is 11.6 Å². The minimum atomic E-state index is -0.333. The van der Waals surface area contributed by atoms with E-state index in [0.29, 0.717) is 38.2 Å². The van der Waals surface area contributed by atoms with Gasteiger partial charge in [0.2, 0.25) is 11.8 Å². The number of pyridine rings is 1. The van der Waals surface area contributed by atoms with Crippen molar-refractivity contribution in [2.45, 2.75) is 25.9 Å². The van der Waals surface area contributed by atoms with Crippen molar-refractivity contribution < 1.29 is 18.7 Å². The number of halogens is 1. The molecule has 1 fully saturated rings. The Kier molecular flexibility index (Phi) is 6.23. The Balaban J connectivity index is 1.63. The second kappa shape index (κ2) is 8.82. The van der Waals surface area contributed by atoms with Gasteiger partial charge in [0, 0.05) is 38.8 Å². The van der Waals surface area contributed by atoms with Crippen LogP contribution in [0.1, 0.15) is 24.1 Å². The number of likely N-dealkylation sites (tertiary alicyclic amines) is 1. The molecule has 2 amide bonds. The van der Waals surface area contributed by atoms with E-state index in [4.69, 9.17) is 4.74 Å². The summed E-state index contributed by atoms with van der Waals surface area (Å²) in [6.07, 6.45) is 2.48. The molecule has 0 N–H and O–H groups in total. The van der Waals surface area contributed by atoms with E-state index in [0.717, 1.165) is 11.3 Å². The summed E-state index contributed by atoms with van der Waals surface area (Å²) in [5.74, 6) is 0.0455. The van der Waals surface area contributed by atoms with E-state index in [1.807, 2.05) is 0 Å². The zero-order valence-electron chi connectivity index (χ0n) is 16.1. The molecule has 1 unspecified atom stereocenters. The third kappa shape index (κ3) is 4.85. The minimum absolute atomic E-state index is 0.00886. The number of amides is 2. The van der Waals surface area contributed by atoms with Gasteiger partial charge >= 0.3 is 0 Å². The molecule has 3 rings (SSSR count). The highest BCUT2D eigenvalue weighted by molar-refractivity contribution is 5.83. The predicted octanol–water partition coefficient (Wildman–Crippen LogP) is 2.63. The maximum Gasteiger partial charge on any atom is 0.227 e. The zero-order valence-corrected chi connectivity index (χ0v) is 16.1. The topological polar surface area (TPSA) is 62.7 Å². The van der Waals surface area contributed by atoms with Gasteiger partial charge in [0.05, 0.1) is 25.3 Å². The number of benzene rings is 1. The first kappa shape index (κ1) is 19.8. The van der Waals surface area contributed by atoms with Crippen LogP contribution < -0.4 is 4.74 Å². The van der Waals surface area contributed by atoms with Gasteiger partial charge in [-0.05, 0) is 30.2 Å². The van der Waals surface area contributed by atoms with Crippen LogP contribution in [-0.2, 0) is 22.7 Å². The summed E-state index contributed by atoms with van der Waals surface area (Å²) in [7, 11) is 3.32. The second-order valence-corrected chi connectivity index (χ2v) is 7.02. The number of ether oxygens (including phenoxy) is 1. The molecule has 2 aromatic rings. The van der Waals surface area contributed by atoms with Crippen molar-refractivity contribution >= 4 is 11.8 Å². The molecular formula is C21H24FN3O3. The largest absolute Gasteiger partial charge is 0.497 e. The number of rotatable bonds is 6. The third-order valence-electron chi connectivity index (χ3n) is 4.91. The smallest absolute Gasteiger partial charge is 0.227 e. The van der Waals surface area contributed by atoms with E-state index in [-0.39, 0.29) is 23.5 Å². The third-order valence-corrected chi connectivity index (χ3v) is 4.91. The molecule has 0 aliphatic carbocycles. The summed E-state index contributed by atoms with van der Waals surface area (Å²) < 4.78 is 18.6. The number of carbonyl (C=O) groups excluding carboxylic acids is 2. The standard InChI is InChI=1S/C21H24FN3O3/c1-24(14-18-11-19(28-2)8-9-23-18)21(27)16-6-7-20(26)25(13-16)12-15-4-3-5-17(22)10-15/h3-5,8-11,16H,6-7,12-14H2,1-2H3. The predicted molar refractivity (Wildman–Crippen MR) is 102 cm³/mol. The van der Waals surface area contributed by atoms with Gasteiger partial charge < -0.3 is 14.5 Å². The van der Waals surface area contributed by atoms with Crippen LogP contribution in [-0.4, -0.2) is 47.3 Å². The van der Waals surface area contributed by atoms with Gasteiger partial charge in [-0.2, -0.15) is 0 Å². The Morgan fingerprint density at radius 2 is 2.18 bits per heavy atom. The SMILES string of the molecule is COc1ccnc(CN(C)C(=O)C2CCC(=O)N(Cc3cccc(F)c3)C2)c1. The monoisotopic (exact) mass is 385 g/mol. The normalized spacial score (nSPS) is 16.8. The van der Waals surface area contributed by atoms with Crippen molar-refractivity contribution in [3.8, 4) is 5.75 Å². The van der Waals surface area contributed by atoms with Crippen LogP contribution in [0.3, 0.4) is 0 Å². The van der Waals surface area contributed by atoms with Crippen molar-refractivity contribution in [3.05, 3.63) is 59.7 Å². The van der Waals surface area contributed by atoms with Crippen LogP contribution in [0.15, 0.2) is 42.6 Å². The minimum Gasteiger partial charge on any atom is -0.497 e.